The van der Waals surface area contributed by atoms with Crippen LogP contribution >= 0.6 is 0 Å². The maximum absolute atomic E-state index is 2.62. The lowest BCUT2D eigenvalue weighted by atomic mass is 10.0. The Labute approximate surface area is 266 Å². The molecule has 42 heavy (non-hydrogen) atoms. The number of hydrogen-bond donors (Lipinski definition) is 0. The van der Waals surface area contributed by atoms with Crippen molar-refractivity contribution < 1.29 is 4.57 Å². The van der Waals surface area contributed by atoms with Gasteiger partial charge in [0.2, 0.25) is 0 Å². The lowest BCUT2D eigenvalue weighted by Gasteiger charge is -2.07. The Kier molecular flexibility index (Phi) is 29.5. The van der Waals surface area contributed by atoms with Crippen LogP contribution in [0.2, 0.25) is 0 Å². The van der Waals surface area contributed by atoms with Crippen molar-refractivity contribution in [3.8, 4) is 0 Å². The monoisotopic (exact) mass is 588 g/mol. The molecule has 0 saturated carbocycles. The van der Waals surface area contributed by atoms with E-state index >= 15 is 0 Å². The third-order valence-electron chi connectivity index (χ3n) is 9.60. The van der Waals surface area contributed by atoms with Crippen molar-refractivity contribution in [2.75, 3.05) is 0 Å². The summed E-state index contributed by atoms with van der Waals surface area (Å²) in [6, 6.07) is 0. The number of aromatic nitrogens is 2. The van der Waals surface area contributed by atoms with E-state index in [1.807, 2.05) is 0 Å². The van der Waals surface area contributed by atoms with Crippen molar-refractivity contribution >= 4 is 0 Å². The van der Waals surface area contributed by atoms with Crippen LogP contribution in [0.1, 0.15) is 226 Å². The fraction of sp³-hybridized carbons (Fsp3) is 0.925. The second-order valence-corrected chi connectivity index (χ2v) is 13.8. The quantitative estimate of drug-likeness (QED) is 0.0560. The topological polar surface area (TPSA) is 8.81 Å². The number of nitrogens with zero attached hydrogens (tertiary/aromatic N) is 2. The van der Waals surface area contributed by atoms with E-state index in [2.05, 4.69) is 42.3 Å². The first kappa shape index (κ1) is 39.2. The van der Waals surface area contributed by atoms with Gasteiger partial charge in [0.05, 0.1) is 13.1 Å². The lowest BCUT2D eigenvalue weighted by Crippen LogP contribution is -2.37. The maximum atomic E-state index is 2.62. The van der Waals surface area contributed by atoms with Gasteiger partial charge in [-0.15, -0.1) is 0 Å². The third kappa shape index (κ3) is 23.6. The lowest BCUT2D eigenvalue weighted by molar-refractivity contribution is -0.704. The number of rotatable bonds is 34. The zero-order chi connectivity index (χ0) is 30.2. The molecular formula is C40H79N2+. The molecule has 1 heterocycles. The molecule has 0 aliphatic heterocycles. The molecule has 0 amide bonds. The third-order valence-corrected chi connectivity index (χ3v) is 9.60. The fourth-order valence-corrected chi connectivity index (χ4v) is 6.68. The van der Waals surface area contributed by atoms with Gasteiger partial charge < -0.3 is 0 Å². The van der Waals surface area contributed by atoms with E-state index in [1.54, 1.807) is 5.82 Å². The van der Waals surface area contributed by atoms with Gasteiger partial charge in [-0.1, -0.05) is 188 Å². The summed E-state index contributed by atoms with van der Waals surface area (Å²) >= 11 is 0. The summed E-state index contributed by atoms with van der Waals surface area (Å²) in [5.74, 6) is 1.61. The van der Waals surface area contributed by atoms with Crippen molar-refractivity contribution in [3.05, 3.63) is 18.2 Å². The minimum atomic E-state index is 1.22. The number of unbranched alkanes of at least 4 members (excludes halogenated alkanes) is 28. The molecule has 0 aliphatic carbocycles. The molecule has 0 saturated heterocycles. The number of imidazole rings is 1. The summed E-state index contributed by atoms with van der Waals surface area (Å²) in [4.78, 5) is 0. The van der Waals surface area contributed by atoms with Crippen LogP contribution in [0.3, 0.4) is 0 Å². The van der Waals surface area contributed by atoms with E-state index in [-0.39, 0.29) is 0 Å². The van der Waals surface area contributed by atoms with Crippen molar-refractivity contribution in [2.24, 2.45) is 0 Å². The highest BCUT2D eigenvalue weighted by Crippen LogP contribution is 2.16. The van der Waals surface area contributed by atoms with Crippen LogP contribution in [0, 0.1) is 0 Å². The van der Waals surface area contributed by atoms with Crippen LogP contribution in [-0.4, -0.2) is 4.57 Å². The molecule has 1 aromatic rings. The average molecular weight is 588 g/mol. The summed E-state index contributed by atoms with van der Waals surface area (Å²) in [7, 11) is 0. The molecule has 1 aromatic heterocycles. The van der Waals surface area contributed by atoms with E-state index in [9.17, 15) is 0 Å². The predicted octanol–water partition coefficient (Wildman–Crippen LogP) is 13.5. The van der Waals surface area contributed by atoms with Crippen molar-refractivity contribution in [1.29, 1.82) is 0 Å². The van der Waals surface area contributed by atoms with Crippen molar-refractivity contribution in [3.63, 3.8) is 0 Å². The molecule has 2 nitrogen and oxygen atoms in total. The summed E-state index contributed by atoms with van der Waals surface area (Å²) in [5, 5.41) is 0. The first-order valence-electron chi connectivity index (χ1n) is 19.9. The van der Waals surface area contributed by atoms with E-state index in [1.165, 1.54) is 219 Å². The summed E-state index contributed by atoms with van der Waals surface area (Å²) in [6.45, 7) is 9.39. The minimum absolute atomic E-state index is 1.22. The summed E-state index contributed by atoms with van der Waals surface area (Å²) < 4.78 is 5.22. The van der Waals surface area contributed by atoms with Gasteiger partial charge in [-0.2, -0.15) is 0 Å². The molecule has 1 rings (SSSR count). The number of hydrogen-bond acceptors (Lipinski definition) is 0. The van der Waals surface area contributed by atoms with Gasteiger partial charge in [0.15, 0.2) is 0 Å². The predicted molar refractivity (Wildman–Crippen MR) is 188 cm³/mol. The van der Waals surface area contributed by atoms with Crippen LogP contribution in [-0.2, 0) is 19.5 Å². The molecular weight excluding hydrogens is 508 g/mol. The molecule has 0 radical (unpaired) electrons. The van der Waals surface area contributed by atoms with Crippen LogP contribution in [0.15, 0.2) is 12.4 Å². The van der Waals surface area contributed by atoms with Crippen molar-refractivity contribution in [1.82, 2.24) is 4.57 Å². The zero-order valence-electron chi connectivity index (χ0n) is 29.6. The van der Waals surface area contributed by atoms with Gasteiger partial charge in [-0.25, -0.2) is 9.13 Å². The fourth-order valence-electron chi connectivity index (χ4n) is 6.68. The SMILES string of the molecule is CCCCCCCCCCCCCCCCc1n(CCCCCCCCCCCCCCCC)cc[n+]1CCCCC. The molecule has 0 N–H and O–H groups in total. The first-order valence-corrected chi connectivity index (χ1v) is 19.9. The molecule has 0 spiro atoms. The Morgan fingerprint density at radius 2 is 0.738 bits per heavy atom. The highest BCUT2D eigenvalue weighted by atomic mass is 15.1. The Hall–Kier alpha value is -0.790. The van der Waals surface area contributed by atoms with Gasteiger partial charge >= 0.3 is 0 Å². The molecule has 0 aliphatic rings. The van der Waals surface area contributed by atoms with Gasteiger partial charge in [0.25, 0.3) is 5.82 Å². The van der Waals surface area contributed by atoms with E-state index in [0.717, 1.165) is 0 Å². The standard InChI is InChI=1S/C40H79N2/c1-4-7-10-12-14-16-18-20-22-24-26-28-30-32-35-40-41(36-33-9-6-3)38-39-42(40)37-34-31-29-27-25-23-21-19-17-15-13-11-8-5-2/h38-39H,4-37H2,1-3H3/q+1. The molecule has 0 unspecified atom stereocenters. The van der Waals surface area contributed by atoms with Crippen LogP contribution in [0.4, 0.5) is 0 Å². The van der Waals surface area contributed by atoms with E-state index < -0.39 is 0 Å². The zero-order valence-corrected chi connectivity index (χ0v) is 29.6. The largest absolute Gasteiger partial charge is 0.256 e. The molecule has 248 valence electrons. The van der Waals surface area contributed by atoms with Gasteiger partial charge in [-0.3, -0.25) is 0 Å². The number of aryl methyl sites for hydroxylation is 2. The maximum Gasteiger partial charge on any atom is 0.256 e. The first-order chi connectivity index (χ1) is 20.8. The van der Waals surface area contributed by atoms with Crippen molar-refractivity contribution in [2.45, 2.75) is 239 Å². The normalized spacial score (nSPS) is 11.6. The Morgan fingerprint density at radius 3 is 1.14 bits per heavy atom. The van der Waals surface area contributed by atoms with E-state index in [0.29, 0.717) is 0 Å². The van der Waals surface area contributed by atoms with Gasteiger partial charge in [0, 0.05) is 6.42 Å². The summed E-state index contributed by atoms with van der Waals surface area (Å²) in [5.41, 5.74) is 0. The summed E-state index contributed by atoms with van der Waals surface area (Å²) in [6.07, 6.45) is 50.5. The average Bonchev–Trinajstić information content (AvgIpc) is 3.38. The molecule has 2 heteroatoms. The second-order valence-electron chi connectivity index (χ2n) is 13.8. The van der Waals surface area contributed by atoms with Crippen LogP contribution in [0.5, 0.6) is 0 Å². The Bertz CT molecular complexity index is 648. The van der Waals surface area contributed by atoms with Gasteiger partial charge in [0.1, 0.15) is 12.4 Å². The smallest absolute Gasteiger partial charge is 0.234 e. The Balaban J connectivity index is 2.13. The molecule has 0 aromatic carbocycles. The van der Waals surface area contributed by atoms with Gasteiger partial charge in [-0.05, 0) is 32.1 Å². The second kappa shape index (κ2) is 31.6. The molecule has 0 bridgehead atoms. The minimum Gasteiger partial charge on any atom is -0.234 e. The van der Waals surface area contributed by atoms with Crippen LogP contribution in [0.25, 0.3) is 0 Å². The molecule has 0 fully saturated rings. The van der Waals surface area contributed by atoms with Crippen LogP contribution < -0.4 is 4.57 Å². The highest BCUT2D eigenvalue weighted by Gasteiger charge is 2.16. The van der Waals surface area contributed by atoms with E-state index in [4.69, 9.17) is 0 Å². The Morgan fingerprint density at radius 1 is 0.405 bits per heavy atom. The highest BCUT2D eigenvalue weighted by molar-refractivity contribution is 4.84. The molecule has 0 atom stereocenters.